The van der Waals surface area contributed by atoms with Gasteiger partial charge in [-0.15, -0.1) is 22.9 Å². The molecule has 1 N–H and O–H groups in total. The van der Waals surface area contributed by atoms with Gasteiger partial charge < -0.3 is 4.52 Å². The van der Waals surface area contributed by atoms with E-state index in [0.717, 1.165) is 5.69 Å². The van der Waals surface area contributed by atoms with Crippen molar-refractivity contribution in [2.75, 3.05) is 5.32 Å². The molecule has 2 rings (SSSR count). The van der Waals surface area contributed by atoms with Gasteiger partial charge in [0, 0.05) is 11.4 Å². The third kappa shape index (κ3) is 2.40. The smallest absolute Gasteiger partial charge is 0.296 e. The predicted molar refractivity (Wildman–Crippen MR) is 60.9 cm³/mol. The van der Waals surface area contributed by atoms with Gasteiger partial charge in [-0.25, -0.2) is 4.98 Å². The first-order chi connectivity index (χ1) is 7.69. The summed E-state index contributed by atoms with van der Waals surface area (Å²) in [7, 11) is 0. The molecule has 2 aromatic heterocycles. The molecule has 7 heteroatoms. The molecule has 2 heterocycles. The van der Waals surface area contributed by atoms with Crippen LogP contribution in [0.1, 0.15) is 21.9 Å². The zero-order valence-electron chi connectivity index (χ0n) is 8.36. The first-order valence-electron chi connectivity index (χ1n) is 4.44. The molecule has 1 amide bonds. The van der Waals surface area contributed by atoms with Crippen molar-refractivity contribution in [2.24, 2.45) is 0 Å². The first-order valence-corrected chi connectivity index (χ1v) is 5.85. The summed E-state index contributed by atoms with van der Waals surface area (Å²) in [6, 6.07) is 1.56. The Labute approximate surface area is 100 Å². The van der Waals surface area contributed by atoms with E-state index in [0.29, 0.717) is 16.7 Å². The summed E-state index contributed by atoms with van der Waals surface area (Å²) < 4.78 is 4.82. The molecule has 0 fully saturated rings. The van der Waals surface area contributed by atoms with E-state index in [1.807, 2.05) is 0 Å². The zero-order valence-corrected chi connectivity index (χ0v) is 9.93. The summed E-state index contributed by atoms with van der Waals surface area (Å²) in [6.45, 7) is 1.75. The Morgan fingerprint density at radius 2 is 2.50 bits per heavy atom. The number of carbonyl (C=O) groups excluding carboxylic acids is 1. The van der Waals surface area contributed by atoms with Crippen LogP contribution in [0.4, 0.5) is 5.13 Å². The number of halogens is 1. The maximum Gasteiger partial charge on any atom is 0.296 e. The minimum absolute atomic E-state index is 0.167. The number of amides is 1. The van der Waals surface area contributed by atoms with Crippen molar-refractivity contribution in [2.45, 2.75) is 12.8 Å². The average molecular weight is 258 g/mol. The second-order valence-electron chi connectivity index (χ2n) is 3.06. The molecule has 0 unspecified atom stereocenters. The van der Waals surface area contributed by atoms with E-state index in [1.54, 1.807) is 18.4 Å². The van der Waals surface area contributed by atoms with Gasteiger partial charge in [0.15, 0.2) is 5.13 Å². The monoisotopic (exact) mass is 257 g/mol. The molecule has 2 aromatic rings. The highest BCUT2D eigenvalue weighted by molar-refractivity contribution is 7.14. The molecule has 0 saturated carbocycles. The number of hydrogen-bond donors (Lipinski definition) is 1. The van der Waals surface area contributed by atoms with Crippen LogP contribution in [0.25, 0.3) is 0 Å². The number of hydrogen-bond acceptors (Lipinski definition) is 5. The Kier molecular flexibility index (Phi) is 3.21. The molecule has 0 atom stereocenters. The van der Waals surface area contributed by atoms with Crippen LogP contribution in [-0.4, -0.2) is 16.0 Å². The maximum atomic E-state index is 11.6. The average Bonchev–Trinajstić information content (AvgIpc) is 2.87. The second kappa shape index (κ2) is 4.63. The van der Waals surface area contributed by atoms with Gasteiger partial charge in [-0.2, -0.15) is 0 Å². The molecule has 0 radical (unpaired) electrons. The van der Waals surface area contributed by atoms with Gasteiger partial charge in [-0.3, -0.25) is 10.1 Å². The van der Waals surface area contributed by atoms with Crippen molar-refractivity contribution in [1.82, 2.24) is 10.1 Å². The van der Waals surface area contributed by atoms with Gasteiger partial charge in [-0.05, 0) is 6.92 Å². The zero-order chi connectivity index (χ0) is 11.5. The Hall–Kier alpha value is -1.40. The van der Waals surface area contributed by atoms with Crippen LogP contribution in [0.5, 0.6) is 0 Å². The van der Waals surface area contributed by atoms with E-state index in [4.69, 9.17) is 16.1 Å². The number of nitrogens with zero attached hydrogens (tertiary/aromatic N) is 2. The van der Waals surface area contributed by atoms with Crippen LogP contribution in [0, 0.1) is 6.92 Å². The SMILES string of the molecule is Cc1cc(C(=O)Nc2nc(CCl)cs2)on1. The molecular formula is C9H8ClN3O2S. The molecule has 0 aliphatic rings. The fraction of sp³-hybridized carbons (Fsp3) is 0.222. The van der Waals surface area contributed by atoms with Crippen molar-refractivity contribution in [3.05, 3.63) is 28.6 Å². The third-order valence-corrected chi connectivity index (χ3v) is 2.84. The Bertz CT molecular complexity index is 508. The summed E-state index contributed by atoms with van der Waals surface area (Å²) >= 11 is 6.91. The molecule has 0 saturated heterocycles. The Morgan fingerprint density at radius 1 is 1.69 bits per heavy atom. The van der Waals surface area contributed by atoms with Crippen LogP contribution in [0.2, 0.25) is 0 Å². The molecule has 0 aliphatic carbocycles. The third-order valence-electron chi connectivity index (χ3n) is 1.76. The number of rotatable bonds is 3. The lowest BCUT2D eigenvalue weighted by atomic mass is 10.4. The van der Waals surface area contributed by atoms with Crippen molar-refractivity contribution >= 4 is 34.0 Å². The van der Waals surface area contributed by atoms with E-state index in [9.17, 15) is 4.79 Å². The minimum atomic E-state index is -0.365. The van der Waals surface area contributed by atoms with E-state index >= 15 is 0 Å². The van der Waals surface area contributed by atoms with Gasteiger partial charge in [0.2, 0.25) is 5.76 Å². The normalized spacial score (nSPS) is 10.4. The highest BCUT2D eigenvalue weighted by atomic mass is 35.5. The first kappa shape index (κ1) is 11.1. The fourth-order valence-corrected chi connectivity index (χ4v) is 1.99. The van der Waals surface area contributed by atoms with Crippen LogP contribution < -0.4 is 5.32 Å². The van der Waals surface area contributed by atoms with E-state index in [-0.39, 0.29) is 11.7 Å². The van der Waals surface area contributed by atoms with Crippen LogP contribution >= 0.6 is 22.9 Å². The summed E-state index contributed by atoms with van der Waals surface area (Å²) in [5, 5.41) is 8.51. The number of thiazole rings is 1. The molecule has 5 nitrogen and oxygen atoms in total. The summed E-state index contributed by atoms with van der Waals surface area (Å²) in [5.74, 6) is 0.129. The lowest BCUT2D eigenvalue weighted by molar-refractivity contribution is 0.0988. The number of alkyl halides is 1. The summed E-state index contributed by atoms with van der Waals surface area (Å²) in [5.41, 5.74) is 1.39. The van der Waals surface area contributed by atoms with E-state index in [2.05, 4.69) is 15.5 Å². The van der Waals surface area contributed by atoms with Gasteiger partial charge >= 0.3 is 0 Å². The van der Waals surface area contributed by atoms with Crippen LogP contribution in [0.15, 0.2) is 16.0 Å². The fourth-order valence-electron chi connectivity index (χ4n) is 1.06. The topological polar surface area (TPSA) is 68.0 Å². The van der Waals surface area contributed by atoms with Gasteiger partial charge in [-0.1, -0.05) is 5.16 Å². The Balaban J connectivity index is 2.07. The van der Waals surface area contributed by atoms with E-state index < -0.39 is 0 Å². The largest absolute Gasteiger partial charge is 0.351 e. The lowest BCUT2D eigenvalue weighted by Gasteiger charge is -1.95. The quantitative estimate of drug-likeness (QED) is 0.858. The molecule has 0 spiro atoms. The lowest BCUT2D eigenvalue weighted by Crippen LogP contribution is -2.10. The molecule has 0 aliphatic heterocycles. The molecule has 16 heavy (non-hydrogen) atoms. The van der Waals surface area contributed by atoms with Gasteiger partial charge in [0.05, 0.1) is 17.3 Å². The summed E-state index contributed by atoms with van der Waals surface area (Å²) in [6.07, 6.45) is 0. The minimum Gasteiger partial charge on any atom is -0.351 e. The Morgan fingerprint density at radius 3 is 3.06 bits per heavy atom. The molecular weight excluding hydrogens is 250 g/mol. The highest BCUT2D eigenvalue weighted by Crippen LogP contribution is 2.17. The van der Waals surface area contributed by atoms with Gasteiger partial charge in [0.25, 0.3) is 5.91 Å². The molecule has 84 valence electrons. The van der Waals surface area contributed by atoms with Crippen molar-refractivity contribution < 1.29 is 9.32 Å². The highest BCUT2D eigenvalue weighted by Gasteiger charge is 2.13. The number of aromatic nitrogens is 2. The van der Waals surface area contributed by atoms with E-state index in [1.165, 1.54) is 11.3 Å². The van der Waals surface area contributed by atoms with Gasteiger partial charge in [0.1, 0.15) is 0 Å². The molecule has 0 aromatic carbocycles. The number of carbonyl (C=O) groups is 1. The number of anilines is 1. The second-order valence-corrected chi connectivity index (χ2v) is 4.19. The van der Waals surface area contributed by atoms with Crippen molar-refractivity contribution in [1.29, 1.82) is 0 Å². The maximum absolute atomic E-state index is 11.6. The standard InChI is InChI=1S/C9H8ClN3O2S/c1-5-2-7(15-13-5)8(14)12-9-11-6(3-10)4-16-9/h2,4H,3H2,1H3,(H,11,12,14). The summed E-state index contributed by atoms with van der Waals surface area (Å²) in [4.78, 5) is 15.7. The van der Waals surface area contributed by atoms with Crippen molar-refractivity contribution in [3.63, 3.8) is 0 Å². The van der Waals surface area contributed by atoms with Crippen LogP contribution in [0.3, 0.4) is 0 Å². The molecule has 0 bridgehead atoms. The van der Waals surface area contributed by atoms with Crippen LogP contribution in [-0.2, 0) is 5.88 Å². The van der Waals surface area contributed by atoms with Crippen molar-refractivity contribution in [3.8, 4) is 0 Å². The number of nitrogens with one attached hydrogen (secondary N) is 1. The number of aryl methyl sites for hydroxylation is 1. The predicted octanol–water partition coefficient (Wildman–Crippen LogP) is 2.43.